The second-order valence-electron chi connectivity index (χ2n) is 6.27. The first-order chi connectivity index (χ1) is 13.1. The van der Waals surface area contributed by atoms with Crippen LogP contribution in [0.25, 0.3) is 11.5 Å². The molecular weight excluding hydrogens is 354 g/mol. The second-order valence-corrected chi connectivity index (χ2v) is 6.27. The molecule has 1 fully saturated rings. The molecule has 2 amide bonds. The zero-order valence-electron chi connectivity index (χ0n) is 14.2. The fourth-order valence-electron chi connectivity index (χ4n) is 3.33. The first kappa shape index (κ1) is 17.1. The lowest BCUT2D eigenvalue weighted by molar-refractivity contribution is 0.206. The number of hydrogen-bond donors (Lipinski definition) is 1. The molecule has 138 valence electrons. The molecule has 1 aliphatic rings. The van der Waals surface area contributed by atoms with Gasteiger partial charge in [-0.15, -0.1) is 10.2 Å². The van der Waals surface area contributed by atoms with E-state index < -0.39 is 17.7 Å². The first-order valence-corrected chi connectivity index (χ1v) is 8.51. The fourth-order valence-corrected chi connectivity index (χ4v) is 3.33. The van der Waals surface area contributed by atoms with E-state index in [1.807, 2.05) is 0 Å². The van der Waals surface area contributed by atoms with E-state index >= 15 is 0 Å². The number of nitrogens with zero attached hydrogens (tertiary/aromatic N) is 3. The second kappa shape index (κ2) is 7.14. The molecule has 1 N–H and O–H groups in total. The van der Waals surface area contributed by atoms with E-state index in [4.69, 9.17) is 4.42 Å². The van der Waals surface area contributed by atoms with Crippen LogP contribution in [0.15, 0.2) is 53.3 Å². The number of rotatable bonds is 3. The van der Waals surface area contributed by atoms with Crippen molar-refractivity contribution in [1.29, 1.82) is 0 Å². The summed E-state index contributed by atoms with van der Waals surface area (Å²) in [4.78, 5) is 14.3. The van der Waals surface area contributed by atoms with Crippen LogP contribution in [-0.4, -0.2) is 27.7 Å². The Morgan fingerprint density at radius 1 is 1.22 bits per heavy atom. The minimum Gasteiger partial charge on any atom is -0.423 e. The van der Waals surface area contributed by atoms with Gasteiger partial charge in [0.1, 0.15) is 11.6 Å². The average molecular weight is 370 g/mol. The summed E-state index contributed by atoms with van der Waals surface area (Å²) in [7, 11) is 0. The average Bonchev–Trinajstić information content (AvgIpc) is 3.36. The van der Waals surface area contributed by atoms with Crippen LogP contribution in [-0.2, 0) is 0 Å². The molecule has 1 aromatic heterocycles. The van der Waals surface area contributed by atoms with E-state index in [0.717, 1.165) is 24.6 Å². The molecule has 0 spiro atoms. The van der Waals surface area contributed by atoms with Crippen LogP contribution in [0.5, 0.6) is 0 Å². The van der Waals surface area contributed by atoms with E-state index in [-0.39, 0.29) is 11.6 Å². The maximum atomic E-state index is 14.1. The summed E-state index contributed by atoms with van der Waals surface area (Å²) >= 11 is 0. The Balaban J connectivity index is 1.54. The number of benzene rings is 2. The van der Waals surface area contributed by atoms with E-state index in [2.05, 4.69) is 15.5 Å². The molecule has 0 saturated carbocycles. The standard InChI is InChI=1S/C19H16F2N4O2/c20-13-6-7-16(21)15(10-13)17-5-2-8-25(17)19(26)23-14-4-1-3-12(9-14)18-24-22-11-27-18/h1,3-4,6-7,9-11,17H,2,5,8H2,(H,23,26). The molecule has 3 aromatic rings. The molecule has 27 heavy (non-hydrogen) atoms. The maximum Gasteiger partial charge on any atom is 0.322 e. The normalized spacial score (nSPS) is 16.5. The van der Waals surface area contributed by atoms with Crippen molar-refractivity contribution in [3.8, 4) is 11.5 Å². The highest BCUT2D eigenvalue weighted by Crippen LogP contribution is 2.34. The summed E-state index contributed by atoms with van der Waals surface area (Å²) < 4.78 is 32.9. The van der Waals surface area contributed by atoms with Gasteiger partial charge in [0.25, 0.3) is 0 Å². The minimum atomic E-state index is -0.522. The number of urea groups is 1. The summed E-state index contributed by atoms with van der Waals surface area (Å²) in [5.74, 6) is -0.697. The lowest BCUT2D eigenvalue weighted by atomic mass is 10.0. The van der Waals surface area contributed by atoms with Crippen LogP contribution in [0.4, 0.5) is 19.3 Å². The lowest BCUT2D eigenvalue weighted by Crippen LogP contribution is -2.34. The number of carbonyl (C=O) groups excluding carboxylic acids is 1. The third-order valence-electron chi connectivity index (χ3n) is 4.55. The minimum absolute atomic E-state index is 0.197. The number of halogens is 2. The molecule has 0 aliphatic carbocycles. The number of hydrogen-bond acceptors (Lipinski definition) is 4. The predicted octanol–water partition coefficient (Wildman–Crippen LogP) is 4.38. The Labute approximate surface area is 153 Å². The topological polar surface area (TPSA) is 71.3 Å². The zero-order chi connectivity index (χ0) is 18.8. The van der Waals surface area contributed by atoms with Crippen molar-refractivity contribution in [3.63, 3.8) is 0 Å². The number of carbonyl (C=O) groups is 1. The van der Waals surface area contributed by atoms with Crippen molar-refractivity contribution in [2.24, 2.45) is 0 Å². The highest BCUT2D eigenvalue weighted by Gasteiger charge is 2.32. The van der Waals surface area contributed by atoms with Gasteiger partial charge in [0, 0.05) is 23.4 Å². The van der Waals surface area contributed by atoms with E-state index in [1.54, 1.807) is 24.3 Å². The van der Waals surface area contributed by atoms with Crippen molar-refractivity contribution < 1.29 is 18.0 Å². The molecule has 1 unspecified atom stereocenters. The van der Waals surface area contributed by atoms with Crippen LogP contribution >= 0.6 is 0 Å². The number of anilines is 1. The highest BCUT2D eigenvalue weighted by molar-refractivity contribution is 5.90. The van der Waals surface area contributed by atoms with Gasteiger partial charge in [-0.3, -0.25) is 0 Å². The Bertz CT molecular complexity index is 962. The molecule has 1 atom stereocenters. The zero-order valence-corrected chi connectivity index (χ0v) is 14.2. The third-order valence-corrected chi connectivity index (χ3v) is 4.55. The van der Waals surface area contributed by atoms with Crippen LogP contribution in [0.3, 0.4) is 0 Å². The van der Waals surface area contributed by atoms with Gasteiger partial charge in [-0.1, -0.05) is 6.07 Å². The van der Waals surface area contributed by atoms with Crippen molar-refractivity contribution in [2.75, 3.05) is 11.9 Å². The van der Waals surface area contributed by atoms with E-state index in [1.165, 1.54) is 11.3 Å². The van der Waals surface area contributed by atoms with Crippen LogP contribution in [0.1, 0.15) is 24.4 Å². The van der Waals surface area contributed by atoms with Gasteiger partial charge in [0.05, 0.1) is 6.04 Å². The Morgan fingerprint density at radius 3 is 2.93 bits per heavy atom. The van der Waals surface area contributed by atoms with Gasteiger partial charge < -0.3 is 14.6 Å². The molecule has 6 nitrogen and oxygen atoms in total. The molecule has 0 radical (unpaired) electrons. The molecule has 8 heteroatoms. The largest absolute Gasteiger partial charge is 0.423 e. The third kappa shape index (κ3) is 3.51. The lowest BCUT2D eigenvalue weighted by Gasteiger charge is -2.25. The molecule has 4 rings (SSSR count). The quantitative estimate of drug-likeness (QED) is 0.743. The number of nitrogens with one attached hydrogen (secondary N) is 1. The molecule has 2 aromatic carbocycles. The predicted molar refractivity (Wildman–Crippen MR) is 93.8 cm³/mol. The van der Waals surface area contributed by atoms with Gasteiger partial charge in [-0.2, -0.15) is 0 Å². The summed E-state index contributed by atoms with van der Waals surface area (Å²) in [5, 5.41) is 10.3. The Hall–Kier alpha value is -3.29. The van der Waals surface area contributed by atoms with Crippen molar-refractivity contribution in [3.05, 3.63) is 66.1 Å². The van der Waals surface area contributed by atoms with Crippen molar-refractivity contribution in [2.45, 2.75) is 18.9 Å². The smallest absolute Gasteiger partial charge is 0.322 e. The molecule has 1 aliphatic heterocycles. The van der Waals surface area contributed by atoms with E-state index in [9.17, 15) is 13.6 Å². The Morgan fingerprint density at radius 2 is 2.11 bits per heavy atom. The fraction of sp³-hybridized carbons (Fsp3) is 0.211. The van der Waals surface area contributed by atoms with Gasteiger partial charge in [0.2, 0.25) is 12.3 Å². The first-order valence-electron chi connectivity index (χ1n) is 8.51. The van der Waals surface area contributed by atoms with Gasteiger partial charge in [-0.05, 0) is 49.2 Å². The summed E-state index contributed by atoms with van der Waals surface area (Å²) in [6.45, 7) is 0.468. The van der Waals surface area contributed by atoms with Gasteiger partial charge >= 0.3 is 6.03 Å². The SMILES string of the molecule is O=C(Nc1cccc(-c2nnco2)c1)N1CCCC1c1cc(F)ccc1F. The molecule has 0 bridgehead atoms. The van der Waals surface area contributed by atoms with Crippen molar-refractivity contribution >= 4 is 11.7 Å². The van der Waals surface area contributed by atoms with Crippen molar-refractivity contribution in [1.82, 2.24) is 15.1 Å². The van der Waals surface area contributed by atoms with Crippen LogP contribution in [0, 0.1) is 11.6 Å². The summed E-state index contributed by atoms with van der Waals surface area (Å²) in [6.07, 6.45) is 2.52. The van der Waals surface area contributed by atoms with Gasteiger partial charge in [-0.25, -0.2) is 13.6 Å². The summed E-state index contributed by atoms with van der Waals surface area (Å²) in [5.41, 5.74) is 1.41. The monoisotopic (exact) mass is 370 g/mol. The van der Waals surface area contributed by atoms with Gasteiger partial charge in [0.15, 0.2) is 0 Å². The number of amides is 2. The highest BCUT2D eigenvalue weighted by atomic mass is 19.1. The van der Waals surface area contributed by atoms with Crippen LogP contribution < -0.4 is 5.32 Å². The number of aromatic nitrogens is 2. The molecular formula is C19H16F2N4O2. The summed E-state index contributed by atoms with van der Waals surface area (Å²) in [6, 6.07) is 9.41. The van der Waals surface area contributed by atoms with Crippen LogP contribution in [0.2, 0.25) is 0 Å². The molecule has 1 saturated heterocycles. The maximum absolute atomic E-state index is 14.1. The Kier molecular flexibility index (Phi) is 4.53. The number of likely N-dealkylation sites (tertiary alicyclic amines) is 1. The van der Waals surface area contributed by atoms with E-state index in [0.29, 0.717) is 30.1 Å². The molecule has 2 heterocycles.